The van der Waals surface area contributed by atoms with Crippen LogP contribution in [0.25, 0.3) is 0 Å². The maximum atomic E-state index is 13.4. The monoisotopic (exact) mass is 1040 g/mol. The minimum atomic E-state index is -3.42. The number of alkyl halides is 2. The SMILES string of the molecule is C=C.CC.CCC.CCC.CCC.CCC.CCC.CCC.CCC.CP(C)(=O)C(F)(F)c1ccccc1.CP(C)(=O)Cc1ccccc1.Cc1ccccc1.Cc1ccccc1.Cc1ccccc1.[CH-]=C. The summed E-state index contributed by atoms with van der Waals surface area (Å²) in [5.74, 6) is 0. The van der Waals surface area contributed by atoms with Crippen LogP contribution in [-0.4, -0.2) is 26.7 Å². The van der Waals surface area contributed by atoms with Crippen molar-refractivity contribution in [3.8, 4) is 0 Å². The van der Waals surface area contributed by atoms with Crippen molar-refractivity contribution in [1.29, 1.82) is 0 Å². The van der Waals surface area contributed by atoms with Crippen LogP contribution in [0.3, 0.4) is 0 Å². The third-order valence-corrected chi connectivity index (χ3v) is 8.76. The van der Waals surface area contributed by atoms with Crippen LogP contribution in [-0.2, 0) is 21.0 Å². The molecule has 0 N–H and O–H groups in total. The highest BCUT2D eigenvalue weighted by atomic mass is 31.2. The minimum Gasteiger partial charge on any atom is -0.521 e. The topological polar surface area (TPSA) is 34.1 Å². The number of benzene rings is 5. The van der Waals surface area contributed by atoms with Gasteiger partial charge in [-0.1, -0.05) is 324 Å². The summed E-state index contributed by atoms with van der Waals surface area (Å²) in [5.41, 5.74) is 1.74. The molecule has 0 atom stereocenters. The van der Waals surface area contributed by atoms with Gasteiger partial charge in [0.2, 0.25) is 0 Å². The van der Waals surface area contributed by atoms with Crippen molar-refractivity contribution in [3.63, 3.8) is 0 Å². The van der Waals surface area contributed by atoms with Gasteiger partial charge < -0.3 is 15.7 Å². The van der Waals surface area contributed by atoms with Gasteiger partial charge in [0.05, 0.1) is 7.14 Å². The van der Waals surface area contributed by atoms with E-state index < -0.39 is 19.9 Å². The van der Waals surface area contributed by atoms with Crippen LogP contribution in [0.1, 0.15) is 184 Å². The molecule has 0 aliphatic heterocycles. The Bertz CT molecular complexity index is 1580. The molecule has 0 saturated carbocycles. The van der Waals surface area contributed by atoms with Crippen LogP contribution in [0.15, 0.2) is 171 Å². The first-order valence-electron chi connectivity index (χ1n) is 26.5. The summed E-state index contributed by atoms with van der Waals surface area (Å²) in [5, 5.41) is 0. The number of aryl methyl sites for hydroxylation is 3. The molecule has 5 rings (SSSR count). The van der Waals surface area contributed by atoms with E-state index in [1.54, 1.807) is 6.07 Å². The summed E-state index contributed by atoms with van der Waals surface area (Å²) in [4.78, 5) is 0. The molecule has 418 valence electrons. The maximum absolute atomic E-state index is 13.4. The fourth-order valence-electron chi connectivity index (χ4n) is 3.58. The highest BCUT2D eigenvalue weighted by Gasteiger charge is 2.44. The first kappa shape index (κ1) is 90.6. The Labute approximate surface area is 450 Å². The third-order valence-electron chi connectivity index (χ3n) is 6.02. The Morgan fingerprint density at radius 3 is 0.694 bits per heavy atom. The number of halogens is 2. The molecule has 0 spiro atoms. The van der Waals surface area contributed by atoms with Crippen molar-refractivity contribution in [3.05, 3.63) is 206 Å². The average Bonchev–Trinajstić information content (AvgIpc) is 3.34. The van der Waals surface area contributed by atoms with Gasteiger partial charge in [-0.25, -0.2) is 0 Å². The molecule has 0 aromatic heterocycles. The van der Waals surface area contributed by atoms with Crippen LogP contribution >= 0.6 is 14.3 Å². The smallest absolute Gasteiger partial charge is 0.322 e. The van der Waals surface area contributed by atoms with Gasteiger partial charge in [-0.2, -0.15) is 8.78 Å². The summed E-state index contributed by atoms with van der Waals surface area (Å²) in [6.07, 6.45) is 9.47. The number of rotatable bonds is 4. The van der Waals surface area contributed by atoms with Gasteiger partial charge in [0, 0.05) is 11.7 Å². The molecule has 5 aromatic rings. The highest BCUT2D eigenvalue weighted by Crippen LogP contribution is 2.59. The molecule has 5 aromatic carbocycles. The molecule has 0 heterocycles. The quantitative estimate of drug-likeness (QED) is 0.102. The van der Waals surface area contributed by atoms with Crippen molar-refractivity contribution < 1.29 is 17.9 Å². The summed E-state index contributed by atoms with van der Waals surface area (Å²) in [6, 6.07) is 48.0. The van der Waals surface area contributed by atoms with Crippen LogP contribution in [0.5, 0.6) is 0 Å². The molecule has 0 saturated heterocycles. The average molecular weight is 1040 g/mol. The standard InChI is InChI=1S/C9H11F2OP.C9H13OP.3C7H8.7C3H8.C2H6.C2H4.C2H3/c1-13(2,12)9(10,11)8-6-4-3-5-7-8;1-11(2,10)8-9-6-4-3-5-7-9;3*1-7-5-3-2-4-6-7;7*1-3-2;3*1-2/h3-7H,1-2H3;3-7H,8H2,1-2H3;3*2-6H,1H3;7*3H2,1-2H3;1-2H3;1-2H2;1H,2H2/q;;;;;;;;;;;;;;-1. The van der Waals surface area contributed by atoms with E-state index in [2.05, 4.69) is 180 Å². The molecule has 0 aliphatic carbocycles. The molecule has 0 radical (unpaired) electrons. The maximum Gasteiger partial charge on any atom is 0.322 e. The lowest BCUT2D eigenvalue weighted by atomic mass is 10.2. The molecule has 0 aliphatic rings. The molecule has 0 fully saturated rings. The van der Waals surface area contributed by atoms with Gasteiger partial charge >= 0.3 is 5.66 Å². The predicted octanol–water partition coefficient (Wildman–Crippen LogP) is 24.5. The van der Waals surface area contributed by atoms with Crippen molar-refractivity contribution in [2.45, 2.75) is 188 Å². The van der Waals surface area contributed by atoms with Gasteiger partial charge in [0.1, 0.15) is 0 Å². The second kappa shape index (κ2) is 75.8. The lowest BCUT2D eigenvalue weighted by Gasteiger charge is -2.20. The lowest BCUT2D eigenvalue weighted by Crippen LogP contribution is -2.12. The Hall–Kier alpha value is -4.10. The van der Waals surface area contributed by atoms with E-state index in [9.17, 15) is 17.9 Å². The second-order valence-corrected chi connectivity index (χ2v) is 23.1. The third kappa shape index (κ3) is 88.8. The van der Waals surface area contributed by atoms with Crippen LogP contribution in [0, 0.1) is 27.4 Å². The van der Waals surface area contributed by atoms with E-state index in [1.165, 1.54) is 91.5 Å². The van der Waals surface area contributed by atoms with Crippen LogP contribution in [0.2, 0.25) is 0 Å². The highest BCUT2D eigenvalue weighted by molar-refractivity contribution is 7.63. The molecule has 0 bridgehead atoms. The summed E-state index contributed by atoms with van der Waals surface area (Å²) >= 11 is 0. The fraction of sp³-hybridized carbons (Fsp3) is 0.485. The Morgan fingerprint density at radius 2 is 0.556 bits per heavy atom. The minimum absolute atomic E-state index is 0.177. The first-order valence-corrected chi connectivity index (χ1v) is 31.9. The van der Waals surface area contributed by atoms with E-state index in [4.69, 9.17) is 0 Å². The van der Waals surface area contributed by atoms with E-state index in [0.29, 0.717) is 6.16 Å². The van der Waals surface area contributed by atoms with Gasteiger partial charge in [0.15, 0.2) is 7.14 Å². The van der Waals surface area contributed by atoms with Gasteiger partial charge in [-0.05, 0) is 53.0 Å². The predicted molar refractivity (Wildman–Crippen MR) is 337 cm³/mol. The molecule has 0 amide bonds. The zero-order valence-corrected chi connectivity index (χ0v) is 53.0. The van der Waals surface area contributed by atoms with Crippen LogP contribution in [0.4, 0.5) is 8.78 Å². The molecule has 2 nitrogen and oxygen atoms in total. The number of hydrogen-bond donors (Lipinski definition) is 0. The van der Waals surface area contributed by atoms with E-state index >= 15 is 0 Å². The first-order chi connectivity index (χ1) is 34.0. The molecular weight excluding hydrogens is 925 g/mol. The summed E-state index contributed by atoms with van der Waals surface area (Å²) < 4.78 is 49.5. The second-order valence-electron chi connectivity index (χ2n) is 16.4. The Kier molecular flexibility index (Phi) is 95.5. The molecule has 0 unspecified atom stereocenters. The summed E-state index contributed by atoms with van der Waals surface area (Å²) in [7, 11) is -5.31. The zero-order valence-electron chi connectivity index (χ0n) is 51.3. The number of hydrogen-bond acceptors (Lipinski definition) is 2. The normalized spacial score (nSPS) is 8.57. The Balaban J connectivity index is -0.0000000751. The van der Waals surface area contributed by atoms with Crippen molar-refractivity contribution in [2.24, 2.45) is 0 Å². The van der Waals surface area contributed by atoms with Gasteiger partial charge in [-0.15, -0.1) is 13.2 Å². The van der Waals surface area contributed by atoms with Crippen molar-refractivity contribution in [2.75, 3.05) is 26.7 Å². The molecular formula is C66H117F2O2P2-. The lowest BCUT2D eigenvalue weighted by molar-refractivity contribution is 0.0893. The Morgan fingerprint density at radius 1 is 0.389 bits per heavy atom. The van der Waals surface area contributed by atoms with Gasteiger partial charge in [0.25, 0.3) is 0 Å². The van der Waals surface area contributed by atoms with Gasteiger partial charge in [-0.3, -0.25) is 6.58 Å². The van der Waals surface area contributed by atoms with Crippen LogP contribution < -0.4 is 0 Å². The molecule has 72 heavy (non-hydrogen) atoms. The van der Waals surface area contributed by atoms with Crippen molar-refractivity contribution >= 4 is 14.3 Å². The zero-order chi connectivity index (χ0) is 58.7. The van der Waals surface area contributed by atoms with E-state index in [-0.39, 0.29) is 5.56 Å². The molecule has 6 heteroatoms. The largest absolute Gasteiger partial charge is 0.521 e. The van der Waals surface area contributed by atoms with Crippen molar-refractivity contribution in [1.82, 2.24) is 0 Å². The van der Waals surface area contributed by atoms with E-state index in [1.807, 2.05) is 112 Å². The summed E-state index contributed by atoms with van der Waals surface area (Å²) in [6.45, 7) is 58.8. The van der Waals surface area contributed by atoms with E-state index in [0.717, 1.165) is 13.3 Å². The fourth-order valence-corrected chi connectivity index (χ4v) is 5.44.